The van der Waals surface area contributed by atoms with Crippen LogP contribution < -0.4 is 0 Å². The maximum Gasteiger partial charge on any atom is 0.186 e. The second kappa shape index (κ2) is 5.15. The highest BCUT2D eigenvalue weighted by Gasteiger charge is 2.18. The minimum absolute atomic E-state index is 0.562. The smallest absolute Gasteiger partial charge is 0.186 e. The van der Waals surface area contributed by atoms with Crippen LogP contribution in [0.2, 0.25) is 0 Å². The van der Waals surface area contributed by atoms with Crippen molar-refractivity contribution in [2.45, 2.75) is 38.0 Å². The molecule has 92 valence electrons. The molecule has 0 saturated carbocycles. The highest BCUT2D eigenvalue weighted by Crippen LogP contribution is 2.31. The maximum atomic E-state index is 11.3. The largest absolute Gasteiger partial charge is 0.302 e. The summed E-state index contributed by atoms with van der Waals surface area (Å²) in [5.41, 5.74) is 3.60. The van der Waals surface area contributed by atoms with Crippen LogP contribution in [-0.2, 0) is 17.5 Å². The molecule has 0 heterocycles. The number of rotatable bonds is 2. The molecule has 0 spiro atoms. The van der Waals surface area contributed by atoms with Gasteiger partial charge in [0.05, 0.1) is 4.90 Å². The van der Waals surface area contributed by atoms with Gasteiger partial charge in [0.1, 0.15) is 0 Å². The van der Waals surface area contributed by atoms with Gasteiger partial charge >= 0.3 is 0 Å². The minimum atomic E-state index is -1.88. The second-order valence-electron chi connectivity index (χ2n) is 4.59. The quantitative estimate of drug-likeness (QED) is 0.814. The predicted octanol–water partition coefficient (Wildman–Crippen LogP) is 3.64. The van der Waals surface area contributed by atoms with Crippen molar-refractivity contribution in [1.29, 1.82) is 0 Å². The molecule has 1 aromatic carbocycles. The van der Waals surface area contributed by atoms with E-state index in [-0.39, 0.29) is 0 Å². The van der Waals surface area contributed by atoms with E-state index in [4.69, 9.17) is 0 Å². The Morgan fingerprint density at radius 3 is 2.88 bits per heavy atom. The zero-order valence-electron chi connectivity index (χ0n) is 10.3. The first-order valence-electron chi connectivity index (χ1n) is 6.06. The van der Waals surface area contributed by atoms with Crippen LogP contribution in [0.4, 0.5) is 0 Å². The Hall–Kier alpha value is -0.930. The third-order valence-electron chi connectivity index (χ3n) is 3.57. The summed E-state index contributed by atoms with van der Waals surface area (Å²) >= 11 is -1.88. The van der Waals surface area contributed by atoms with Crippen LogP contribution in [0.3, 0.4) is 0 Å². The molecule has 1 aromatic rings. The molecular weight excluding hydrogens is 232 g/mol. The van der Waals surface area contributed by atoms with Gasteiger partial charge in [0, 0.05) is 0 Å². The first-order chi connectivity index (χ1) is 8.13. The fraction of sp³-hybridized carbons (Fsp3) is 0.429. The normalized spacial score (nSPS) is 21.4. The van der Waals surface area contributed by atoms with Crippen LogP contribution in [0, 0.1) is 5.92 Å². The van der Waals surface area contributed by atoms with E-state index in [0.717, 1.165) is 30.4 Å². The second-order valence-corrected chi connectivity index (χ2v) is 5.52. The summed E-state index contributed by atoms with van der Waals surface area (Å²) in [5, 5.41) is 0. The molecule has 0 fully saturated rings. The monoisotopic (exact) mass is 250 g/mol. The Kier molecular flexibility index (Phi) is 3.79. The van der Waals surface area contributed by atoms with E-state index in [1.54, 1.807) is 6.07 Å². The van der Waals surface area contributed by atoms with Gasteiger partial charge in [-0.3, -0.25) is 0 Å². The Morgan fingerprint density at radius 2 is 2.24 bits per heavy atom. The van der Waals surface area contributed by atoms with Crippen molar-refractivity contribution in [3.63, 3.8) is 0 Å². The number of benzene rings is 1. The first kappa shape index (κ1) is 12.5. The lowest BCUT2D eigenvalue weighted by atomic mass is 9.95. The fourth-order valence-electron chi connectivity index (χ4n) is 2.49. The lowest BCUT2D eigenvalue weighted by Gasteiger charge is -2.11. The summed E-state index contributed by atoms with van der Waals surface area (Å²) in [7, 11) is 0. The Morgan fingerprint density at radius 1 is 1.47 bits per heavy atom. The van der Waals surface area contributed by atoms with Crippen LogP contribution in [0.5, 0.6) is 0 Å². The van der Waals surface area contributed by atoms with Gasteiger partial charge in [-0.1, -0.05) is 37.6 Å². The molecule has 1 aliphatic rings. The summed E-state index contributed by atoms with van der Waals surface area (Å²) < 4.78 is 20.6. The van der Waals surface area contributed by atoms with Crippen molar-refractivity contribution in [3.05, 3.63) is 34.9 Å². The van der Waals surface area contributed by atoms with Crippen LogP contribution >= 0.6 is 0 Å². The summed E-state index contributed by atoms with van der Waals surface area (Å²) in [4.78, 5) is 0.573. The lowest BCUT2D eigenvalue weighted by molar-refractivity contribution is 0.560. The van der Waals surface area contributed by atoms with Gasteiger partial charge in [0.25, 0.3) is 0 Å². The third kappa shape index (κ3) is 2.50. The van der Waals surface area contributed by atoms with Crippen molar-refractivity contribution in [1.82, 2.24) is 0 Å². The molecule has 0 radical (unpaired) electrons. The maximum absolute atomic E-state index is 11.3. The Balaban J connectivity index is 2.54. The average Bonchev–Trinajstić information content (AvgIpc) is 2.48. The zero-order valence-corrected chi connectivity index (χ0v) is 11.1. The molecule has 0 aromatic heterocycles. The number of allylic oxidation sites excluding steroid dienone is 1. The van der Waals surface area contributed by atoms with Gasteiger partial charge in [-0.15, -0.1) is 0 Å². The van der Waals surface area contributed by atoms with Gasteiger partial charge in [-0.05, 0) is 42.4 Å². The standard InChI is InChI=1S/C14H18O2S/c1-3-11-9-12-5-4-6-14(17(15)16)13(12)8-7-10(11)2/h4-6,9-10H,3,7-8H2,1-2H3,(H,15,16). The van der Waals surface area contributed by atoms with E-state index in [1.165, 1.54) is 5.57 Å². The molecule has 17 heavy (non-hydrogen) atoms. The van der Waals surface area contributed by atoms with Crippen molar-refractivity contribution >= 4 is 17.2 Å². The molecule has 3 heteroatoms. The molecule has 1 N–H and O–H groups in total. The van der Waals surface area contributed by atoms with Crippen molar-refractivity contribution in [2.24, 2.45) is 5.92 Å². The molecule has 0 aliphatic heterocycles. The molecule has 0 bridgehead atoms. The number of hydrogen-bond donors (Lipinski definition) is 1. The molecule has 0 amide bonds. The molecule has 2 unspecified atom stereocenters. The van der Waals surface area contributed by atoms with Gasteiger partial charge < -0.3 is 4.55 Å². The van der Waals surface area contributed by atoms with E-state index >= 15 is 0 Å². The minimum Gasteiger partial charge on any atom is -0.302 e. The van der Waals surface area contributed by atoms with Crippen molar-refractivity contribution in [2.75, 3.05) is 0 Å². The molecule has 2 atom stereocenters. The van der Waals surface area contributed by atoms with E-state index in [9.17, 15) is 8.76 Å². The Labute approximate surface area is 105 Å². The third-order valence-corrected chi connectivity index (χ3v) is 4.33. The van der Waals surface area contributed by atoms with Gasteiger partial charge in [-0.2, -0.15) is 0 Å². The highest BCUT2D eigenvalue weighted by atomic mass is 32.2. The van der Waals surface area contributed by atoms with Gasteiger partial charge in [0.2, 0.25) is 0 Å². The predicted molar refractivity (Wildman–Crippen MR) is 71.2 cm³/mol. The van der Waals surface area contributed by atoms with E-state index in [2.05, 4.69) is 19.9 Å². The average molecular weight is 250 g/mol. The van der Waals surface area contributed by atoms with Crippen LogP contribution in [0.25, 0.3) is 6.08 Å². The molecule has 2 nitrogen and oxygen atoms in total. The summed E-state index contributed by atoms with van der Waals surface area (Å²) in [6.07, 6.45) is 5.19. The summed E-state index contributed by atoms with van der Waals surface area (Å²) in [6.45, 7) is 4.40. The zero-order chi connectivity index (χ0) is 12.4. The fourth-order valence-corrected chi connectivity index (χ4v) is 3.11. The first-order valence-corrected chi connectivity index (χ1v) is 7.17. The van der Waals surface area contributed by atoms with Crippen LogP contribution in [-0.4, -0.2) is 8.76 Å². The summed E-state index contributed by atoms with van der Waals surface area (Å²) in [5.74, 6) is 0.562. The summed E-state index contributed by atoms with van der Waals surface area (Å²) in [6, 6.07) is 5.66. The number of hydrogen-bond acceptors (Lipinski definition) is 1. The molecular formula is C14H18O2S. The van der Waals surface area contributed by atoms with Crippen molar-refractivity contribution < 1.29 is 8.76 Å². The number of fused-ring (bicyclic) bond motifs is 1. The van der Waals surface area contributed by atoms with E-state index < -0.39 is 11.1 Å². The molecule has 1 aliphatic carbocycles. The van der Waals surface area contributed by atoms with E-state index in [0.29, 0.717) is 10.8 Å². The Bertz CT molecular complexity index is 477. The van der Waals surface area contributed by atoms with Crippen LogP contribution in [0.15, 0.2) is 28.7 Å². The van der Waals surface area contributed by atoms with Gasteiger partial charge in [-0.25, -0.2) is 4.21 Å². The SMILES string of the molecule is CCC1=Cc2cccc(S(=O)O)c2CCC1C. The highest BCUT2D eigenvalue weighted by molar-refractivity contribution is 7.79. The molecule has 2 rings (SSSR count). The topological polar surface area (TPSA) is 37.3 Å². The van der Waals surface area contributed by atoms with Gasteiger partial charge in [0.15, 0.2) is 11.1 Å². The van der Waals surface area contributed by atoms with Crippen molar-refractivity contribution in [3.8, 4) is 0 Å². The molecule has 0 saturated heterocycles. The van der Waals surface area contributed by atoms with Crippen LogP contribution in [0.1, 0.15) is 37.8 Å². The lowest BCUT2D eigenvalue weighted by Crippen LogP contribution is -2.01. The van der Waals surface area contributed by atoms with E-state index in [1.807, 2.05) is 12.1 Å².